The number of carbonyl (C=O) groups is 1. The van der Waals surface area contributed by atoms with Gasteiger partial charge in [0.05, 0.1) is 17.4 Å². The smallest absolute Gasteiger partial charge is 0.261 e. The van der Waals surface area contributed by atoms with E-state index in [4.69, 9.17) is 9.47 Å². The molecule has 1 aliphatic carbocycles. The van der Waals surface area contributed by atoms with Crippen molar-refractivity contribution < 1.29 is 14.3 Å². The van der Waals surface area contributed by atoms with Crippen molar-refractivity contribution in [2.45, 2.75) is 52.2 Å². The number of fused-ring (bicyclic) bond motifs is 1. The van der Waals surface area contributed by atoms with E-state index < -0.39 is 0 Å². The Hall–Kier alpha value is -1.73. The lowest BCUT2D eigenvalue weighted by Gasteiger charge is -2.29. The van der Waals surface area contributed by atoms with Crippen molar-refractivity contribution in [2.24, 2.45) is 5.92 Å². The van der Waals surface area contributed by atoms with Crippen molar-refractivity contribution in [1.29, 1.82) is 0 Å². The number of rotatable bonds is 5. The quantitative estimate of drug-likeness (QED) is 0.881. The lowest BCUT2D eigenvalue weighted by molar-refractivity contribution is 0.0914. The van der Waals surface area contributed by atoms with Crippen LogP contribution in [-0.2, 0) is 11.3 Å². The number of ether oxygens (including phenoxy) is 2. The Morgan fingerprint density at radius 2 is 2.04 bits per heavy atom. The molecule has 2 aromatic heterocycles. The molecule has 1 saturated carbocycles. The molecule has 1 N–H and O–H groups in total. The minimum Gasteiger partial charge on any atom is -0.480 e. The van der Waals surface area contributed by atoms with Gasteiger partial charge in [0, 0.05) is 13.2 Å². The summed E-state index contributed by atoms with van der Waals surface area (Å²) in [4.78, 5) is 23.2. The van der Waals surface area contributed by atoms with Crippen LogP contribution < -0.4 is 10.1 Å². The fourth-order valence-electron chi connectivity index (χ4n) is 3.47. The van der Waals surface area contributed by atoms with E-state index in [1.54, 1.807) is 14.2 Å². The molecule has 6 nitrogen and oxygen atoms in total. The van der Waals surface area contributed by atoms with Crippen LogP contribution in [0.3, 0.4) is 0 Å². The predicted molar refractivity (Wildman–Crippen MR) is 98.3 cm³/mol. The third-order valence-corrected chi connectivity index (χ3v) is 6.09. The molecule has 0 spiro atoms. The first-order chi connectivity index (χ1) is 12.0. The summed E-state index contributed by atoms with van der Waals surface area (Å²) in [6.07, 6.45) is 4.67. The van der Waals surface area contributed by atoms with Crippen LogP contribution in [0.2, 0.25) is 0 Å². The molecule has 0 aliphatic heterocycles. The van der Waals surface area contributed by atoms with Crippen molar-refractivity contribution in [3.63, 3.8) is 0 Å². The van der Waals surface area contributed by atoms with Crippen molar-refractivity contribution in [2.75, 3.05) is 14.2 Å². The number of methoxy groups -OCH3 is 2. The number of thiophene rings is 1. The van der Waals surface area contributed by atoms with Gasteiger partial charge in [0.25, 0.3) is 5.91 Å². The van der Waals surface area contributed by atoms with Gasteiger partial charge in [0.15, 0.2) is 5.82 Å². The molecule has 0 bridgehead atoms. The molecule has 1 aliphatic rings. The van der Waals surface area contributed by atoms with Crippen LogP contribution in [0.15, 0.2) is 0 Å². The molecule has 2 atom stereocenters. The van der Waals surface area contributed by atoms with E-state index in [1.165, 1.54) is 30.6 Å². The highest BCUT2D eigenvalue weighted by atomic mass is 32.1. The maximum absolute atomic E-state index is 12.8. The highest BCUT2D eigenvalue weighted by Gasteiger charge is 2.26. The van der Waals surface area contributed by atoms with E-state index in [-0.39, 0.29) is 11.9 Å². The molecule has 0 radical (unpaired) electrons. The lowest BCUT2D eigenvalue weighted by atomic mass is 9.86. The maximum Gasteiger partial charge on any atom is 0.261 e. The van der Waals surface area contributed by atoms with Crippen LogP contribution in [0.4, 0.5) is 0 Å². The summed E-state index contributed by atoms with van der Waals surface area (Å²) >= 11 is 1.39. The highest BCUT2D eigenvalue weighted by molar-refractivity contribution is 7.20. The summed E-state index contributed by atoms with van der Waals surface area (Å²) in [7, 11) is 3.18. The molecule has 0 aromatic carbocycles. The van der Waals surface area contributed by atoms with Crippen LogP contribution in [0.1, 0.15) is 53.7 Å². The second-order valence-electron chi connectivity index (χ2n) is 6.66. The maximum atomic E-state index is 12.8. The summed E-state index contributed by atoms with van der Waals surface area (Å²) in [5.41, 5.74) is 0.877. The van der Waals surface area contributed by atoms with Gasteiger partial charge in [-0.15, -0.1) is 11.3 Å². The van der Waals surface area contributed by atoms with Gasteiger partial charge in [-0.1, -0.05) is 19.8 Å². The molecule has 1 fully saturated rings. The Kier molecular flexibility index (Phi) is 5.54. The van der Waals surface area contributed by atoms with Crippen LogP contribution in [0, 0.1) is 12.8 Å². The normalized spacial score (nSPS) is 20.6. The summed E-state index contributed by atoms with van der Waals surface area (Å²) in [5, 5.41) is 4.04. The fraction of sp³-hybridized carbons (Fsp3) is 0.611. The van der Waals surface area contributed by atoms with Gasteiger partial charge in [-0.3, -0.25) is 4.79 Å². The predicted octanol–water partition coefficient (Wildman–Crippen LogP) is 3.46. The van der Waals surface area contributed by atoms with Crippen LogP contribution >= 0.6 is 11.3 Å². The van der Waals surface area contributed by atoms with Gasteiger partial charge in [-0.25, -0.2) is 4.98 Å². The summed E-state index contributed by atoms with van der Waals surface area (Å²) in [5.74, 6) is 1.56. The molecule has 2 heterocycles. The Morgan fingerprint density at radius 3 is 2.72 bits per heavy atom. The second-order valence-corrected chi connectivity index (χ2v) is 7.66. The van der Waals surface area contributed by atoms with Gasteiger partial charge in [0.1, 0.15) is 11.4 Å². The Bertz CT molecular complexity index is 775. The lowest BCUT2D eigenvalue weighted by Crippen LogP contribution is -2.40. The molecule has 2 aromatic rings. The first-order valence-electron chi connectivity index (χ1n) is 8.69. The largest absolute Gasteiger partial charge is 0.480 e. The van der Waals surface area contributed by atoms with E-state index in [9.17, 15) is 4.79 Å². The molecule has 0 saturated heterocycles. The first-order valence-corrected chi connectivity index (χ1v) is 9.50. The van der Waals surface area contributed by atoms with Gasteiger partial charge >= 0.3 is 0 Å². The number of aromatic nitrogens is 2. The zero-order valence-corrected chi connectivity index (χ0v) is 16.0. The summed E-state index contributed by atoms with van der Waals surface area (Å²) in [6, 6.07) is 0.253. The number of hydrogen-bond donors (Lipinski definition) is 1. The zero-order chi connectivity index (χ0) is 18.0. The SMILES string of the molecule is COCc1nc(OC)c2c(C)c(C(=O)NC3CCCCC3C)sc2n1. The number of aryl methyl sites for hydroxylation is 1. The van der Waals surface area contributed by atoms with Crippen molar-refractivity contribution >= 4 is 27.5 Å². The average molecular weight is 363 g/mol. The number of nitrogens with zero attached hydrogens (tertiary/aromatic N) is 2. The van der Waals surface area contributed by atoms with Crippen molar-refractivity contribution in [1.82, 2.24) is 15.3 Å². The number of hydrogen-bond acceptors (Lipinski definition) is 6. The molecule has 7 heteroatoms. The topological polar surface area (TPSA) is 73.3 Å². The second kappa shape index (κ2) is 7.66. The van der Waals surface area contributed by atoms with E-state index in [0.29, 0.717) is 29.1 Å². The average Bonchev–Trinajstić information content (AvgIpc) is 2.93. The molecule has 136 valence electrons. The summed E-state index contributed by atoms with van der Waals surface area (Å²) < 4.78 is 10.5. The van der Waals surface area contributed by atoms with Gasteiger partial charge in [-0.05, 0) is 31.2 Å². The zero-order valence-electron chi connectivity index (χ0n) is 15.2. The van der Waals surface area contributed by atoms with Crippen LogP contribution in [-0.4, -0.2) is 36.1 Å². The Morgan fingerprint density at radius 1 is 1.28 bits per heavy atom. The van der Waals surface area contributed by atoms with Crippen molar-refractivity contribution in [3.05, 3.63) is 16.3 Å². The number of nitrogens with one attached hydrogen (secondary N) is 1. The summed E-state index contributed by atoms with van der Waals surface area (Å²) in [6.45, 7) is 4.46. The highest BCUT2D eigenvalue weighted by Crippen LogP contribution is 2.35. The molecule has 1 amide bonds. The van der Waals surface area contributed by atoms with Gasteiger partial charge in [-0.2, -0.15) is 4.98 Å². The van der Waals surface area contributed by atoms with Crippen LogP contribution in [0.25, 0.3) is 10.2 Å². The molecule has 25 heavy (non-hydrogen) atoms. The Labute approximate surface area is 152 Å². The molecular formula is C18H25N3O3S. The van der Waals surface area contributed by atoms with Gasteiger partial charge < -0.3 is 14.8 Å². The van der Waals surface area contributed by atoms with Crippen molar-refractivity contribution in [3.8, 4) is 5.88 Å². The molecule has 3 rings (SSSR count). The van der Waals surface area contributed by atoms with Crippen LogP contribution in [0.5, 0.6) is 5.88 Å². The minimum absolute atomic E-state index is 0.0189. The molecular weight excluding hydrogens is 338 g/mol. The standard InChI is InChI=1S/C18H25N3O3S/c1-10-7-5-6-8-12(10)19-16(22)15-11(2)14-17(24-4)20-13(9-23-3)21-18(14)25-15/h10,12H,5-9H2,1-4H3,(H,19,22). The third-order valence-electron chi connectivity index (χ3n) is 4.90. The third kappa shape index (κ3) is 3.62. The van der Waals surface area contributed by atoms with E-state index >= 15 is 0 Å². The molecule has 2 unspecified atom stereocenters. The number of carbonyl (C=O) groups excluding carboxylic acids is 1. The Balaban J connectivity index is 1.93. The van der Waals surface area contributed by atoms with E-state index in [0.717, 1.165) is 22.2 Å². The van der Waals surface area contributed by atoms with E-state index in [2.05, 4.69) is 22.2 Å². The first kappa shape index (κ1) is 18.1. The fourth-order valence-corrected chi connectivity index (χ4v) is 4.56. The number of amides is 1. The minimum atomic E-state index is -0.0189. The monoisotopic (exact) mass is 363 g/mol. The van der Waals surface area contributed by atoms with E-state index in [1.807, 2.05) is 6.92 Å². The van der Waals surface area contributed by atoms with Gasteiger partial charge in [0.2, 0.25) is 5.88 Å².